The first kappa shape index (κ1) is 14.5. The fraction of sp³-hybridized carbons (Fsp3) is 0.800. The van der Waals surface area contributed by atoms with Gasteiger partial charge in [0, 0.05) is 57.1 Å². The van der Waals surface area contributed by atoms with E-state index in [9.17, 15) is 0 Å². The highest BCUT2D eigenvalue weighted by Gasteiger charge is 2.31. The van der Waals surface area contributed by atoms with Crippen LogP contribution in [-0.4, -0.2) is 45.7 Å². The lowest BCUT2D eigenvalue weighted by atomic mass is 9.96. The van der Waals surface area contributed by atoms with E-state index in [0.29, 0.717) is 6.04 Å². The molecule has 0 bridgehead atoms. The zero-order valence-corrected chi connectivity index (χ0v) is 12.8. The summed E-state index contributed by atoms with van der Waals surface area (Å²) in [5, 5.41) is 3.67. The highest BCUT2D eigenvalue weighted by atomic mass is 15.2. The first-order chi connectivity index (χ1) is 9.02. The summed E-state index contributed by atoms with van der Waals surface area (Å²) in [4.78, 5) is 7.08. The van der Waals surface area contributed by atoms with Gasteiger partial charge in [-0.1, -0.05) is 13.3 Å². The molecule has 108 valence electrons. The summed E-state index contributed by atoms with van der Waals surface area (Å²) in [6.07, 6.45) is 7.50. The van der Waals surface area contributed by atoms with Crippen molar-refractivity contribution >= 4 is 0 Å². The standard InChI is InChI=1S/C15H28N4/c1-5-6-13-11-17-15(2,3)12-19(13)9-7-14-16-8-10-18(14)4/h8,10,13,17H,5-7,9,11-12H2,1-4H3. The van der Waals surface area contributed by atoms with Crippen LogP contribution in [0.15, 0.2) is 12.4 Å². The molecule has 1 saturated heterocycles. The van der Waals surface area contributed by atoms with Crippen LogP contribution in [0, 0.1) is 0 Å². The quantitative estimate of drug-likeness (QED) is 0.880. The van der Waals surface area contributed by atoms with Crippen LogP contribution < -0.4 is 5.32 Å². The predicted molar refractivity (Wildman–Crippen MR) is 79.3 cm³/mol. The molecule has 0 aliphatic carbocycles. The Kier molecular flexibility index (Phi) is 4.63. The van der Waals surface area contributed by atoms with Gasteiger partial charge in [-0.15, -0.1) is 0 Å². The van der Waals surface area contributed by atoms with Crippen molar-refractivity contribution in [3.8, 4) is 0 Å². The molecule has 4 heteroatoms. The number of aromatic nitrogens is 2. The highest BCUT2D eigenvalue weighted by molar-refractivity contribution is 4.96. The van der Waals surface area contributed by atoms with E-state index in [1.807, 2.05) is 12.4 Å². The zero-order chi connectivity index (χ0) is 13.9. The first-order valence-electron chi connectivity index (χ1n) is 7.47. The van der Waals surface area contributed by atoms with Gasteiger partial charge in [0.25, 0.3) is 0 Å². The number of rotatable bonds is 5. The molecule has 2 rings (SSSR count). The van der Waals surface area contributed by atoms with E-state index in [1.165, 1.54) is 18.7 Å². The van der Waals surface area contributed by atoms with Crippen LogP contribution in [0.5, 0.6) is 0 Å². The molecule has 0 saturated carbocycles. The van der Waals surface area contributed by atoms with E-state index in [-0.39, 0.29) is 5.54 Å². The molecular formula is C15H28N4. The minimum Gasteiger partial charge on any atom is -0.338 e. The molecule has 1 fully saturated rings. The number of hydrogen-bond donors (Lipinski definition) is 1. The van der Waals surface area contributed by atoms with Crippen molar-refractivity contribution in [1.82, 2.24) is 19.8 Å². The smallest absolute Gasteiger partial charge is 0.109 e. The van der Waals surface area contributed by atoms with Crippen LogP contribution >= 0.6 is 0 Å². The lowest BCUT2D eigenvalue weighted by Gasteiger charge is -2.44. The Morgan fingerprint density at radius 3 is 2.89 bits per heavy atom. The molecule has 1 aromatic rings. The summed E-state index contributed by atoms with van der Waals surface area (Å²) in [6.45, 7) is 10.2. The minimum atomic E-state index is 0.228. The number of hydrogen-bond acceptors (Lipinski definition) is 3. The van der Waals surface area contributed by atoms with Gasteiger partial charge in [-0.05, 0) is 20.3 Å². The van der Waals surface area contributed by atoms with Gasteiger partial charge in [-0.2, -0.15) is 0 Å². The number of imidazole rings is 1. The molecule has 1 unspecified atom stereocenters. The maximum absolute atomic E-state index is 4.43. The van der Waals surface area contributed by atoms with Gasteiger partial charge in [0.05, 0.1) is 0 Å². The van der Waals surface area contributed by atoms with Crippen molar-refractivity contribution in [1.29, 1.82) is 0 Å². The second-order valence-electron chi connectivity index (χ2n) is 6.38. The van der Waals surface area contributed by atoms with E-state index in [0.717, 1.165) is 26.1 Å². The third-order valence-electron chi connectivity index (χ3n) is 4.10. The summed E-state index contributed by atoms with van der Waals surface area (Å²) in [6, 6.07) is 0.679. The van der Waals surface area contributed by atoms with Crippen LogP contribution in [0.1, 0.15) is 39.4 Å². The van der Waals surface area contributed by atoms with Gasteiger partial charge in [-0.25, -0.2) is 4.98 Å². The van der Waals surface area contributed by atoms with Crippen molar-refractivity contribution in [3.05, 3.63) is 18.2 Å². The Morgan fingerprint density at radius 1 is 1.47 bits per heavy atom. The monoisotopic (exact) mass is 264 g/mol. The van der Waals surface area contributed by atoms with Crippen molar-refractivity contribution in [2.24, 2.45) is 7.05 Å². The Morgan fingerprint density at radius 2 is 2.26 bits per heavy atom. The fourth-order valence-corrected chi connectivity index (χ4v) is 2.98. The molecule has 1 aliphatic rings. The van der Waals surface area contributed by atoms with Gasteiger partial charge in [0.15, 0.2) is 0 Å². The van der Waals surface area contributed by atoms with Crippen molar-refractivity contribution < 1.29 is 0 Å². The third kappa shape index (κ3) is 3.80. The highest BCUT2D eigenvalue weighted by Crippen LogP contribution is 2.18. The normalized spacial score (nSPS) is 23.7. The Hall–Kier alpha value is -0.870. The van der Waals surface area contributed by atoms with Crippen LogP contribution in [0.25, 0.3) is 0 Å². The summed E-state index contributed by atoms with van der Waals surface area (Å²) < 4.78 is 2.13. The van der Waals surface area contributed by atoms with E-state index in [1.54, 1.807) is 0 Å². The Balaban J connectivity index is 1.95. The largest absolute Gasteiger partial charge is 0.338 e. The molecule has 1 atom stereocenters. The fourth-order valence-electron chi connectivity index (χ4n) is 2.98. The molecule has 2 heterocycles. The van der Waals surface area contributed by atoms with Crippen LogP contribution in [-0.2, 0) is 13.5 Å². The summed E-state index contributed by atoms with van der Waals surface area (Å²) in [7, 11) is 2.08. The maximum Gasteiger partial charge on any atom is 0.109 e. The molecule has 0 amide bonds. The van der Waals surface area contributed by atoms with Gasteiger partial charge < -0.3 is 9.88 Å². The number of nitrogens with zero attached hydrogens (tertiary/aromatic N) is 3. The van der Waals surface area contributed by atoms with E-state index in [2.05, 4.69) is 47.6 Å². The molecule has 19 heavy (non-hydrogen) atoms. The van der Waals surface area contributed by atoms with E-state index < -0.39 is 0 Å². The molecule has 4 nitrogen and oxygen atoms in total. The Labute approximate surface area is 117 Å². The van der Waals surface area contributed by atoms with E-state index >= 15 is 0 Å². The average molecular weight is 264 g/mol. The molecule has 1 aliphatic heterocycles. The van der Waals surface area contributed by atoms with Gasteiger partial charge >= 0.3 is 0 Å². The predicted octanol–water partition coefficient (Wildman–Crippen LogP) is 1.82. The molecule has 1 aromatic heterocycles. The topological polar surface area (TPSA) is 33.1 Å². The van der Waals surface area contributed by atoms with Crippen molar-refractivity contribution in [2.75, 3.05) is 19.6 Å². The van der Waals surface area contributed by atoms with Gasteiger partial charge in [0.1, 0.15) is 5.82 Å². The van der Waals surface area contributed by atoms with E-state index in [4.69, 9.17) is 0 Å². The average Bonchev–Trinajstić information content (AvgIpc) is 2.75. The lowest BCUT2D eigenvalue weighted by Crippen LogP contribution is -2.61. The number of aryl methyl sites for hydroxylation is 1. The Bertz CT molecular complexity index is 397. The zero-order valence-electron chi connectivity index (χ0n) is 12.8. The molecule has 1 N–H and O–H groups in total. The molecule has 0 aromatic carbocycles. The first-order valence-corrected chi connectivity index (χ1v) is 7.47. The maximum atomic E-state index is 4.43. The summed E-state index contributed by atoms with van der Waals surface area (Å²) in [5.41, 5.74) is 0.228. The summed E-state index contributed by atoms with van der Waals surface area (Å²) >= 11 is 0. The minimum absolute atomic E-state index is 0.228. The number of piperazine rings is 1. The SMILES string of the molecule is CCCC1CNC(C)(C)CN1CCc1nccn1C. The van der Waals surface area contributed by atoms with Crippen molar-refractivity contribution in [2.45, 2.75) is 51.6 Å². The number of nitrogens with one attached hydrogen (secondary N) is 1. The van der Waals surface area contributed by atoms with Crippen LogP contribution in [0.4, 0.5) is 0 Å². The van der Waals surface area contributed by atoms with Gasteiger partial charge in [0.2, 0.25) is 0 Å². The van der Waals surface area contributed by atoms with Crippen LogP contribution in [0.3, 0.4) is 0 Å². The van der Waals surface area contributed by atoms with Crippen molar-refractivity contribution in [3.63, 3.8) is 0 Å². The van der Waals surface area contributed by atoms with Gasteiger partial charge in [-0.3, -0.25) is 4.90 Å². The lowest BCUT2D eigenvalue weighted by molar-refractivity contribution is 0.0900. The van der Waals surface area contributed by atoms with Crippen LogP contribution in [0.2, 0.25) is 0 Å². The molecular weight excluding hydrogens is 236 g/mol. The molecule has 0 radical (unpaired) electrons. The molecule has 0 spiro atoms. The second-order valence-corrected chi connectivity index (χ2v) is 6.38. The summed E-state index contributed by atoms with van der Waals surface area (Å²) in [5.74, 6) is 1.19. The second kappa shape index (κ2) is 6.06. The third-order valence-corrected chi connectivity index (χ3v) is 4.10.